The molecule has 25 heavy (non-hydrogen) atoms. The molecule has 2 N–H and O–H groups in total. The summed E-state index contributed by atoms with van der Waals surface area (Å²) in [5, 5.41) is 13.5. The van der Waals surface area contributed by atoms with Crippen LogP contribution in [0.2, 0.25) is 5.02 Å². The third-order valence-electron chi connectivity index (χ3n) is 4.08. The molecule has 5 nitrogen and oxygen atoms in total. The molecule has 0 aliphatic heterocycles. The van der Waals surface area contributed by atoms with Crippen molar-refractivity contribution in [1.29, 1.82) is 0 Å². The Kier molecular flexibility index (Phi) is 4.50. The van der Waals surface area contributed by atoms with Crippen LogP contribution in [0.4, 0.5) is 0 Å². The molecule has 0 unspecified atom stereocenters. The maximum Gasteiger partial charge on any atom is 0.247 e. The molecule has 0 aliphatic carbocycles. The molecule has 2 heterocycles. The molecule has 0 spiro atoms. The fourth-order valence-electron chi connectivity index (χ4n) is 2.79. The zero-order valence-corrected chi connectivity index (χ0v) is 14.3. The van der Waals surface area contributed by atoms with Crippen LogP contribution in [0.5, 0.6) is 0 Å². The number of nitrogens with zero attached hydrogens (tertiary/aromatic N) is 2. The lowest BCUT2D eigenvalue weighted by Crippen LogP contribution is -2.16. The number of aromatic amines is 1. The van der Waals surface area contributed by atoms with Crippen molar-refractivity contribution in [2.75, 3.05) is 6.54 Å². The van der Waals surface area contributed by atoms with E-state index in [-0.39, 0.29) is 0 Å². The van der Waals surface area contributed by atoms with Crippen LogP contribution in [0, 0.1) is 0 Å². The van der Waals surface area contributed by atoms with Crippen molar-refractivity contribution in [2.24, 2.45) is 0 Å². The number of H-pyrrole nitrogens is 1. The Morgan fingerprint density at radius 3 is 2.76 bits per heavy atom. The summed E-state index contributed by atoms with van der Waals surface area (Å²) in [6.45, 7) is 1.38. The predicted octanol–water partition coefficient (Wildman–Crippen LogP) is 4.20. The van der Waals surface area contributed by atoms with Crippen molar-refractivity contribution in [3.63, 3.8) is 0 Å². The molecule has 4 aromatic rings. The quantitative estimate of drug-likeness (QED) is 0.510. The highest BCUT2D eigenvalue weighted by molar-refractivity contribution is 6.30. The molecule has 0 radical (unpaired) electrons. The summed E-state index contributed by atoms with van der Waals surface area (Å²) in [6.07, 6.45) is 3.00. The van der Waals surface area contributed by atoms with Gasteiger partial charge in [0.1, 0.15) is 0 Å². The van der Waals surface area contributed by atoms with Gasteiger partial charge in [-0.15, -0.1) is 10.2 Å². The zero-order chi connectivity index (χ0) is 17.1. The molecule has 0 aliphatic rings. The number of benzene rings is 2. The van der Waals surface area contributed by atoms with Crippen LogP contribution < -0.4 is 5.32 Å². The van der Waals surface area contributed by atoms with Crippen molar-refractivity contribution >= 4 is 22.5 Å². The van der Waals surface area contributed by atoms with Gasteiger partial charge in [0.15, 0.2) is 0 Å². The van der Waals surface area contributed by atoms with Crippen LogP contribution in [0.3, 0.4) is 0 Å². The van der Waals surface area contributed by atoms with Crippen LogP contribution in [0.15, 0.2) is 59.1 Å². The third-order valence-corrected chi connectivity index (χ3v) is 4.33. The zero-order valence-electron chi connectivity index (χ0n) is 13.5. The molecule has 0 fully saturated rings. The smallest absolute Gasteiger partial charge is 0.247 e. The van der Waals surface area contributed by atoms with Crippen molar-refractivity contribution in [2.45, 2.75) is 13.0 Å². The molecular formula is C19H17ClN4O. The Morgan fingerprint density at radius 1 is 1.04 bits per heavy atom. The Bertz CT molecular complexity index is 974. The maximum atomic E-state index is 5.89. The van der Waals surface area contributed by atoms with Gasteiger partial charge in [0.2, 0.25) is 11.8 Å². The van der Waals surface area contributed by atoms with Crippen LogP contribution in [0.25, 0.3) is 22.4 Å². The largest absolute Gasteiger partial charge is 0.419 e. The molecule has 0 amide bonds. The van der Waals surface area contributed by atoms with Gasteiger partial charge in [-0.1, -0.05) is 29.8 Å². The van der Waals surface area contributed by atoms with E-state index in [1.165, 1.54) is 16.5 Å². The van der Waals surface area contributed by atoms with Gasteiger partial charge in [-0.3, -0.25) is 0 Å². The van der Waals surface area contributed by atoms with Crippen LogP contribution in [0.1, 0.15) is 11.5 Å². The highest BCUT2D eigenvalue weighted by Gasteiger charge is 2.08. The van der Waals surface area contributed by atoms with Crippen molar-refractivity contribution in [3.05, 3.63) is 71.2 Å². The fourth-order valence-corrected chi connectivity index (χ4v) is 2.92. The lowest BCUT2D eigenvalue weighted by Gasteiger charge is -2.01. The number of nitrogens with one attached hydrogen (secondary N) is 2. The number of rotatable bonds is 6. The van der Waals surface area contributed by atoms with E-state index in [1.54, 1.807) is 12.1 Å². The molecule has 2 aromatic heterocycles. The Labute approximate surface area is 150 Å². The fraction of sp³-hybridized carbons (Fsp3) is 0.158. The monoisotopic (exact) mass is 352 g/mol. The van der Waals surface area contributed by atoms with Gasteiger partial charge < -0.3 is 14.7 Å². The molecule has 126 valence electrons. The molecule has 2 aromatic carbocycles. The molecule has 0 saturated carbocycles. The first kappa shape index (κ1) is 15.9. The molecule has 0 bridgehead atoms. The van der Waals surface area contributed by atoms with Gasteiger partial charge in [0.25, 0.3) is 0 Å². The van der Waals surface area contributed by atoms with Crippen molar-refractivity contribution in [1.82, 2.24) is 20.5 Å². The second-order valence-corrected chi connectivity index (χ2v) is 6.23. The highest BCUT2D eigenvalue weighted by atomic mass is 35.5. The summed E-state index contributed by atoms with van der Waals surface area (Å²) in [6, 6.07) is 15.7. The summed E-state index contributed by atoms with van der Waals surface area (Å²) in [5.74, 6) is 1.08. The summed E-state index contributed by atoms with van der Waals surface area (Å²) in [5.41, 5.74) is 3.33. The van der Waals surface area contributed by atoms with E-state index in [0.29, 0.717) is 23.3 Å². The molecule has 0 atom stereocenters. The van der Waals surface area contributed by atoms with E-state index in [0.717, 1.165) is 18.5 Å². The normalized spacial score (nSPS) is 11.2. The Hall–Kier alpha value is -2.63. The maximum absolute atomic E-state index is 5.89. The van der Waals surface area contributed by atoms with Crippen LogP contribution >= 0.6 is 11.6 Å². The van der Waals surface area contributed by atoms with Crippen molar-refractivity contribution < 1.29 is 4.42 Å². The van der Waals surface area contributed by atoms with E-state index in [2.05, 4.69) is 44.9 Å². The minimum Gasteiger partial charge on any atom is -0.419 e. The van der Waals surface area contributed by atoms with E-state index < -0.39 is 0 Å². The van der Waals surface area contributed by atoms with Gasteiger partial charge in [0.05, 0.1) is 6.54 Å². The van der Waals surface area contributed by atoms with Crippen LogP contribution in [-0.4, -0.2) is 21.7 Å². The number of hydrogen-bond acceptors (Lipinski definition) is 4. The van der Waals surface area contributed by atoms with Gasteiger partial charge in [-0.25, -0.2) is 0 Å². The van der Waals surface area contributed by atoms with Gasteiger partial charge >= 0.3 is 0 Å². The van der Waals surface area contributed by atoms with Crippen molar-refractivity contribution in [3.8, 4) is 11.5 Å². The topological polar surface area (TPSA) is 66.7 Å². The summed E-state index contributed by atoms with van der Waals surface area (Å²) < 4.78 is 5.68. The highest BCUT2D eigenvalue weighted by Crippen LogP contribution is 2.20. The number of halogens is 1. The second-order valence-electron chi connectivity index (χ2n) is 5.79. The first-order valence-electron chi connectivity index (χ1n) is 8.13. The number of hydrogen-bond donors (Lipinski definition) is 2. The number of para-hydroxylation sites is 1. The predicted molar refractivity (Wildman–Crippen MR) is 98.5 cm³/mol. The average molecular weight is 353 g/mol. The Morgan fingerprint density at radius 2 is 1.88 bits per heavy atom. The standard InChI is InChI=1S/C19H17ClN4O/c20-15-7-5-13(6-8-15)19-24-23-18(25-19)12-21-10-9-14-11-22-17-4-2-1-3-16(14)17/h1-8,11,21-22H,9-10,12H2. The second kappa shape index (κ2) is 7.09. The minimum absolute atomic E-state index is 0.505. The number of aromatic nitrogens is 3. The summed E-state index contributed by atoms with van der Waals surface area (Å²) in [4.78, 5) is 3.29. The van der Waals surface area contributed by atoms with Gasteiger partial charge in [0, 0.05) is 27.7 Å². The molecular weight excluding hydrogens is 336 g/mol. The van der Waals surface area contributed by atoms with E-state index in [4.69, 9.17) is 16.0 Å². The van der Waals surface area contributed by atoms with E-state index in [1.807, 2.05) is 18.2 Å². The molecule has 0 saturated heterocycles. The summed E-state index contributed by atoms with van der Waals surface area (Å²) >= 11 is 5.89. The first-order valence-corrected chi connectivity index (χ1v) is 8.51. The average Bonchev–Trinajstić information content (AvgIpc) is 3.27. The lowest BCUT2D eigenvalue weighted by molar-refractivity contribution is 0.478. The van der Waals surface area contributed by atoms with E-state index >= 15 is 0 Å². The minimum atomic E-state index is 0.505. The summed E-state index contributed by atoms with van der Waals surface area (Å²) in [7, 11) is 0. The van der Waals surface area contributed by atoms with Gasteiger partial charge in [-0.2, -0.15) is 0 Å². The lowest BCUT2D eigenvalue weighted by atomic mass is 10.1. The van der Waals surface area contributed by atoms with E-state index in [9.17, 15) is 0 Å². The Balaban J connectivity index is 1.32. The number of fused-ring (bicyclic) bond motifs is 1. The third kappa shape index (κ3) is 3.57. The SMILES string of the molecule is Clc1ccc(-c2nnc(CNCCc3c[nH]c4ccccc34)o2)cc1. The molecule has 4 rings (SSSR count). The molecule has 6 heteroatoms. The van der Waals surface area contributed by atoms with Crippen LogP contribution in [-0.2, 0) is 13.0 Å². The van der Waals surface area contributed by atoms with Gasteiger partial charge in [-0.05, 0) is 48.9 Å². The first-order chi connectivity index (χ1) is 12.3.